The Labute approximate surface area is 210 Å². The molecule has 1 aromatic carbocycles. The van der Waals surface area contributed by atoms with Crippen molar-refractivity contribution in [3.05, 3.63) is 23.5 Å². The average molecular weight is 503 g/mol. The van der Waals surface area contributed by atoms with Crippen LogP contribution in [0, 0.1) is 29.5 Å². The van der Waals surface area contributed by atoms with E-state index in [1.807, 2.05) is 0 Å². The van der Waals surface area contributed by atoms with Gasteiger partial charge in [0.15, 0.2) is 11.6 Å². The molecule has 6 fully saturated rings. The SMILES string of the molecule is COc1cc(F)c(O[C@H]2CC[C@H](C)CC2)cc1C(=O)N[C@@H]1[C@H]2CC[C@H](C2)[C@@H]1C(=O)NC12CC(F)(C1)C2. The van der Waals surface area contributed by atoms with Crippen molar-refractivity contribution in [2.75, 3.05) is 7.11 Å². The van der Waals surface area contributed by atoms with E-state index in [0.29, 0.717) is 25.2 Å². The summed E-state index contributed by atoms with van der Waals surface area (Å²) in [4.78, 5) is 26.8. The number of halogens is 2. The number of rotatable bonds is 7. The smallest absolute Gasteiger partial charge is 0.255 e. The number of hydrogen-bond donors (Lipinski definition) is 2. The number of carbonyl (C=O) groups excluding carboxylic acids is 2. The quantitative estimate of drug-likeness (QED) is 0.567. The zero-order valence-electron chi connectivity index (χ0n) is 21.1. The van der Waals surface area contributed by atoms with Gasteiger partial charge in [-0.1, -0.05) is 6.92 Å². The highest BCUT2D eigenvalue weighted by atomic mass is 19.1. The number of amides is 2. The summed E-state index contributed by atoms with van der Waals surface area (Å²) in [6, 6.07) is 2.34. The highest BCUT2D eigenvalue weighted by Gasteiger charge is 2.70. The van der Waals surface area contributed by atoms with Crippen LogP contribution in [0.5, 0.6) is 11.5 Å². The highest BCUT2D eigenvalue weighted by Crippen LogP contribution is 2.63. The van der Waals surface area contributed by atoms with E-state index in [-0.39, 0.29) is 58.4 Å². The lowest BCUT2D eigenvalue weighted by Gasteiger charge is -2.66. The van der Waals surface area contributed by atoms with Gasteiger partial charge in [-0.15, -0.1) is 0 Å². The summed E-state index contributed by atoms with van der Waals surface area (Å²) in [6.07, 6.45) is 7.77. The van der Waals surface area contributed by atoms with Crippen molar-refractivity contribution in [1.82, 2.24) is 10.6 Å². The summed E-state index contributed by atoms with van der Waals surface area (Å²) in [5.41, 5.74) is -1.26. The number of methoxy groups -OCH3 is 1. The molecule has 36 heavy (non-hydrogen) atoms. The fourth-order valence-electron chi connectivity index (χ4n) is 7.75. The highest BCUT2D eigenvalue weighted by molar-refractivity contribution is 5.98. The van der Waals surface area contributed by atoms with E-state index in [9.17, 15) is 18.4 Å². The summed E-state index contributed by atoms with van der Waals surface area (Å²) in [5, 5.41) is 6.22. The summed E-state index contributed by atoms with van der Waals surface area (Å²) in [7, 11) is 1.41. The first-order chi connectivity index (χ1) is 17.2. The molecule has 8 heteroatoms. The van der Waals surface area contributed by atoms with E-state index in [2.05, 4.69) is 17.6 Å². The number of ether oxygens (including phenoxy) is 2. The van der Waals surface area contributed by atoms with Crippen molar-refractivity contribution in [2.24, 2.45) is 23.7 Å². The first-order valence-electron chi connectivity index (χ1n) is 13.5. The Bertz CT molecular complexity index is 1050. The third kappa shape index (κ3) is 4.04. The average Bonchev–Trinajstić information content (AvgIpc) is 3.41. The maximum atomic E-state index is 14.8. The second-order valence-electron chi connectivity index (χ2n) is 12.3. The predicted octanol–water partition coefficient (Wildman–Crippen LogP) is 4.70. The van der Waals surface area contributed by atoms with Crippen LogP contribution in [0.25, 0.3) is 0 Å². The Balaban J connectivity index is 1.18. The van der Waals surface area contributed by atoms with Gasteiger partial charge in [0.2, 0.25) is 5.91 Å². The Hall–Kier alpha value is -2.38. The van der Waals surface area contributed by atoms with Crippen LogP contribution in [0.1, 0.15) is 81.5 Å². The zero-order valence-corrected chi connectivity index (χ0v) is 21.1. The van der Waals surface area contributed by atoms with Gasteiger partial charge in [0.1, 0.15) is 11.4 Å². The molecular weight excluding hydrogens is 466 g/mol. The molecule has 6 nitrogen and oxygen atoms in total. The van der Waals surface area contributed by atoms with Gasteiger partial charge in [0.05, 0.1) is 24.7 Å². The van der Waals surface area contributed by atoms with E-state index < -0.39 is 17.4 Å². The molecule has 6 saturated carbocycles. The molecule has 4 bridgehead atoms. The van der Waals surface area contributed by atoms with Crippen molar-refractivity contribution in [3.8, 4) is 11.5 Å². The molecule has 6 aliphatic rings. The second-order valence-corrected chi connectivity index (χ2v) is 12.3. The molecule has 0 aromatic heterocycles. The Morgan fingerprint density at radius 3 is 2.36 bits per heavy atom. The lowest BCUT2D eigenvalue weighted by Crippen LogP contribution is -2.77. The maximum Gasteiger partial charge on any atom is 0.255 e. The molecule has 6 aliphatic carbocycles. The largest absolute Gasteiger partial charge is 0.496 e. The molecule has 4 atom stereocenters. The van der Waals surface area contributed by atoms with E-state index >= 15 is 0 Å². The van der Waals surface area contributed by atoms with Gasteiger partial charge in [0, 0.05) is 36.9 Å². The number of alkyl halides is 1. The molecule has 2 N–H and O–H groups in total. The number of hydrogen-bond acceptors (Lipinski definition) is 4. The third-order valence-electron chi connectivity index (χ3n) is 9.63. The standard InChI is InChI=1S/C28H36F2N2O4/c1-15-3-7-18(8-4-15)36-22-10-19(21(35-2)11-20(22)29)25(33)31-24-17-6-5-16(9-17)23(24)26(34)32-28-12-27(30,13-28)14-28/h10-11,15-18,23-24H,3-9,12-14H2,1-2H3,(H,31,33)(H,32,34)/t15-,16-,17+,18-,23+,24-,27?,28?/m1/s1. The number of carbonyl (C=O) groups is 2. The molecule has 0 unspecified atom stereocenters. The summed E-state index contributed by atoms with van der Waals surface area (Å²) in [6.45, 7) is 2.21. The molecule has 1 aromatic rings. The van der Waals surface area contributed by atoms with Crippen LogP contribution in [0.3, 0.4) is 0 Å². The molecule has 7 rings (SSSR count). The van der Waals surface area contributed by atoms with Gasteiger partial charge in [-0.2, -0.15) is 0 Å². The monoisotopic (exact) mass is 502 g/mol. The Morgan fingerprint density at radius 2 is 1.69 bits per heavy atom. The summed E-state index contributed by atoms with van der Waals surface area (Å²) >= 11 is 0. The topological polar surface area (TPSA) is 76.7 Å². The van der Waals surface area contributed by atoms with Gasteiger partial charge < -0.3 is 20.1 Å². The van der Waals surface area contributed by atoms with Crippen molar-refractivity contribution in [3.63, 3.8) is 0 Å². The van der Waals surface area contributed by atoms with Crippen molar-refractivity contribution < 1.29 is 27.8 Å². The molecular formula is C28H36F2N2O4. The lowest BCUT2D eigenvalue weighted by molar-refractivity contribution is -0.177. The normalized spacial score (nSPS) is 40.1. The van der Waals surface area contributed by atoms with Gasteiger partial charge in [-0.25, -0.2) is 8.78 Å². The van der Waals surface area contributed by atoms with Gasteiger partial charge >= 0.3 is 0 Å². The van der Waals surface area contributed by atoms with Gasteiger partial charge in [-0.05, 0) is 68.8 Å². The van der Waals surface area contributed by atoms with Gasteiger partial charge in [-0.3, -0.25) is 9.59 Å². The molecule has 0 spiro atoms. The molecule has 0 heterocycles. The fourth-order valence-corrected chi connectivity index (χ4v) is 7.75. The van der Waals surface area contributed by atoms with E-state index in [4.69, 9.17) is 9.47 Å². The maximum absolute atomic E-state index is 14.8. The van der Waals surface area contributed by atoms with Crippen LogP contribution >= 0.6 is 0 Å². The summed E-state index contributed by atoms with van der Waals surface area (Å²) < 4.78 is 40.1. The minimum Gasteiger partial charge on any atom is -0.496 e. The van der Waals surface area contributed by atoms with Gasteiger partial charge in [0.25, 0.3) is 5.91 Å². The number of nitrogens with one attached hydrogen (secondary N) is 2. The Morgan fingerprint density at radius 1 is 1.00 bits per heavy atom. The second kappa shape index (κ2) is 8.59. The van der Waals surface area contributed by atoms with Crippen LogP contribution in [-0.4, -0.2) is 42.3 Å². The van der Waals surface area contributed by atoms with Crippen LogP contribution in [0.2, 0.25) is 0 Å². The molecule has 196 valence electrons. The lowest BCUT2D eigenvalue weighted by atomic mass is 9.47. The van der Waals surface area contributed by atoms with Crippen molar-refractivity contribution in [1.29, 1.82) is 0 Å². The minimum absolute atomic E-state index is 0.0616. The fraction of sp³-hybridized carbons (Fsp3) is 0.714. The molecule has 0 saturated heterocycles. The molecule has 0 aliphatic heterocycles. The number of fused-ring (bicyclic) bond motifs is 2. The number of benzene rings is 1. The van der Waals surface area contributed by atoms with E-state index in [1.165, 1.54) is 19.2 Å². The van der Waals surface area contributed by atoms with Crippen LogP contribution < -0.4 is 20.1 Å². The van der Waals surface area contributed by atoms with Crippen molar-refractivity contribution >= 4 is 11.8 Å². The minimum atomic E-state index is -1.08. The Kier molecular flexibility index (Phi) is 5.72. The molecule has 0 radical (unpaired) electrons. The van der Waals surface area contributed by atoms with Crippen LogP contribution in [0.4, 0.5) is 8.78 Å². The zero-order chi connectivity index (χ0) is 25.2. The van der Waals surface area contributed by atoms with E-state index in [1.54, 1.807) is 0 Å². The first kappa shape index (κ1) is 24.0. The predicted molar refractivity (Wildman–Crippen MR) is 129 cm³/mol. The first-order valence-corrected chi connectivity index (χ1v) is 13.5. The molecule has 2 amide bonds. The third-order valence-corrected chi connectivity index (χ3v) is 9.63. The summed E-state index contributed by atoms with van der Waals surface area (Å²) in [5.74, 6) is -0.0595. The van der Waals surface area contributed by atoms with Crippen molar-refractivity contribution in [2.45, 2.75) is 94.5 Å². The van der Waals surface area contributed by atoms with Crippen LogP contribution in [0.15, 0.2) is 12.1 Å². The van der Waals surface area contributed by atoms with Crippen LogP contribution in [-0.2, 0) is 4.79 Å². The van der Waals surface area contributed by atoms with E-state index in [0.717, 1.165) is 44.9 Å².